The van der Waals surface area contributed by atoms with Crippen molar-refractivity contribution in [3.63, 3.8) is 0 Å². The molecule has 1 aliphatic heterocycles. The summed E-state index contributed by atoms with van der Waals surface area (Å²) in [6.45, 7) is 11.5. The van der Waals surface area contributed by atoms with E-state index < -0.39 is 0 Å². The lowest BCUT2D eigenvalue weighted by atomic mass is 9.93. The molecule has 1 atom stereocenters. The molecule has 3 rings (SSSR count). The van der Waals surface area contributed by atoms with Gasteiger partial charge >= 0.3 is 0 Å². The van der Waals surface area contributed by atoms with E-state index in [0.29, 0.717) is 0 Å². The minimum Gasteiger partial charge on any atom is -0.340 e. The lowest BCUT2D eigenvalue weighted by Crippen LogP contribution is -2.52. The van der Waals surface area contributed by atoms with Gasteiger partial charge in [0.1, 0.15) is 0 Å². The molecular formula is C23H30N2O. The summed E-state index contributed by atoms with van der Waals surface area (Å²) in [5.74, 6) is 0.253. The van der Waals surface area contributed by atoms with Gasteiger partial charge in [0.2, 0.25) is 5.91 Å². The van der Waals surface area contributed by atoms with Crippen molar-refractivity contribution < 1.29 is 4.79 Å². The van der Waals surface area contributed by atoms with Crippen LogP contribution in [0.3, 0.4) is 0 Å². The van der Waals surface area contributed by atoms with Crippen molar-refractivity contribution in [3.05, 3.63) is 71.3 Å². The Balaban J connectivity index is 1.81. The van der Waals surface area contributed by atoms with Gasteiger partial charge in [0.05, 0.1) is 6.04 Å². The Hall–Kier alpha value is -2.13. The smallest absolute Gasteiger partial charge is 0.228 e. The second kappa shape index (κ2) is 7.63. The molecule has 3 nitrogen and oxygen atoms in total. The van der Waals surface area contributed by atoms with E-state index in [1.54, 1.807) is 0 Å². The lowest BCUT2D eigenvalue weighted by Gasteiger charge is -2.41. The molecule has 1 aliphatic rings. The zero-order valence-electron chi connectivity index (χ0n) is 16.4. The van der Waals surface area contributed by atoms with E-state index in [0.717, 1.165) is 26.2 Å². The molecule has 1 heterocycles. The summed E-state index contributed by atoms with van der Waals surface area (Å²) in [4.78, 5) is 17.1. The van der Waals surface area contributed by atoms with E-state index in [1.165, 1.54) is 16.7 Å². The van der Waals surface area contributed by atoms with Gasteiger partial charge in [-0.1, -0.05) is 80.9 Å². The second-order valence-corrected chi connectivity index (χ2v) is 8.30. The first-order valence-corrected chi connectivity index (χ1v) is 9.51. The first-order valence-electron chi connectivity index (χ1n) is 9.51. The molecule has 0 aliphatic carbocycles. The molecule has 0 aromatic heterocycles. The summed E-state index contributed by atoms with van der Waals surface area (Å²) in [5.41, 5.74) is 3.60. The number of aryl methyl sites for hydroxylation is 1. The minimum atomic E-state index is -0.308. The number of amides is 1. The van der Waals surface area contributed by atoms with E-state index in [-0.39, 0.29) is 17.4 Å². The first-order chi connectivity index (χ1) is 12.4. The molecule has 0 bridgehead atoms. The second-order valence-electron chi connectivity index (χ2n) is 8.30. The van der Waals surface area contributed by atoms with Crippen LogP contribution >= 0.6 is 0 Å². The summed E-state index contributed by atoms with van der Waals surface area (Å²) in [6.07, 6.45) is 0. The summed E-state index contributed by atoms with van der Waals surface area (Å²) in [5, 5.41) is 0. The zero-order chi connectivity index (χ0) is 18.7. The van der Waals surface area contributed by atoms with Crippen LogP contribution < -0.4 is 0 Å². The molecule has 0 N–H and O–H groups in total. The number of benzene rings is 2. The highest BCUT2D eigenvalue weighted by molar-refractivity contribution is 5.81. The van der Waals surface area contributed by atoms with Gasteiger partial charge in [0, 0.05) is 31.6 Å². The SMILES string of the molecule is Cc1ccc(C(c2ccccc2)N2CCN(C(=O)C(C)(C)C)CC2)cc1. The lowest BCUT2D eigenvalue weighted by molar-refractivity contribution is -0.141. The van der Waals surface area contributed by atoms with Crippen LogP contribution in [0, 0.1) is 12.3 Å². The fraction of sp³-hybridized carbons (Fsp3) is 0.435. The Morgan fingerprint density at radius 3 is 1.92 bits per heavy atom. The molecule has 0 saturated carbocycles. The highest BCUT2D eigenvalue weighted by Gasteiger charge is 2.32. The van der Waals surface area contributed by atoms with Crippen LogP contribution in [0.25, 0.3) is 0 Å². The Morgan fingerprint density at radius 2 is 1.38 bits per heavy atom. The molecule has 1 saturated heterocycles. The predicted octanol–water partition coefficient (Wildman–Crippen LogP) is 4.27. The third-order valence-electron chi connectivity index (χ3n) is 5.12. The van der Waals surface area contributed by atoms with Crippen LogP contribution in [0.2, 0.25) is 0 Å². The van der Waals surface area contributed by atoms with Crippen molar-refractivity contribution in [2.45, 2.75) is 33.7 Å². The standard InChI is InChI=1S/C23H30N2O/c1-18-10-12-20(13-11-18)21(19-8-6-5-7-9-19)24-14-16-25(17-15-24)22(26)23(2,3)4/h5-13,21H,14-17H2,1-4H3. The Labute approximate surface area is 157 Å². The molecule has 1 fully saturated rings. The van der Waals surface area contributed by atoms with Crippen molar-refractivity contribution in [1.82, 2.24) is 9.80 Å². The topological polar surface area (TPSA) is 23.6 Å². The number of rotatable bonds is 3. The first kappa shape index (κ1) is 18.7. The summed E-state index contributed by atoms with van der Waals surface area (Å²) >= 11 is 0. The fourth-order valence-electron chi connectivity index (χ4n) is 3.66. The Morgan fingerprint density at radius 1 is 0.846 bits per heavy atom. The molecule has 0 radical (unpaired) electrons. The highest BCUT2D eigenvalue weighted by Crippen LogP contribution is 2.30. The maximum Gasteiger partial charge on any atom is 0.228 e. The van der Waals surface area contributed by atoms with Gasteiger partial charge in [-0.15, -0.1) is 0 Å². The van der Waals surface area contributed by atoms with Crippen molar-refractivity contribution in [1.29, 1.82) is 0 Å². The van der Waals surface area contributed by atoms with Crippen LogP contribution in [0.4, 0.5) is 0 Å². The molecule has 0 spiro atoms. The summed E-state index contributed by atoms with van der Waals surface area (Å²) < 4.78 is 0. The Bertz CT molecular complexity index is 723. The van der Waals surface area contributed by atoms with Crippen LogP contribution in [0.5, 0.6) is 0 Å². The third kappa shape index (κ3) is 4.16. The van der Waals surface area contributed by atoms with E-state index in [4.69, 9.17) is 0 Å². The van der Waals surface area contributed by atoms with Crippen LogP contribution in [-0.4, -0.2) is 41.9 Å². The van der Waals surface area contributed by atoms with Crippen LogP contribution in [-0.2, 0) is 4.79 Å². The summed E-state index contributed by atoms with van der Waals surface area (Å²) in [7, 11) is 0. The van der Waals surface area contributed by atoms with E-state index in [1.807, 2.05) is 25.7 Å². The molecule has 2 aromatic carbocycles. The maximum atomic E-state index is 12.6. The van der Waals surface area contributed by atoms with E-state index >= 15 is 0 Å². The molecule has 2 aromatic rings. The molecular weight excluding hydrogens is 320 g/mol. The van der Waals surface area contributed by atoms with Gasteiger partial charge in [0.15, 0.2) is 0 Å². The van der Waals surface area contributed by atoms with Crippen LogP contribution in [0.15, 0.2) is 54.6 Å². The van der Waals surface area contributed by atoms with Crippen molar-refractivity contribution in [3.8, 4) is 0 Å². The normalized spacial score (nSPS) is 17.2. The number of carbonyl (C=O) groups excluding carboxylic acids is 1. The van der Waals surface area contributed by atoms with Gasteiger partial charge in [-0.3, -0.25) is 9.69 Å². The summed E-state index contributed by atoms with van der Waals surface area (Å²) in [6, 6.07) is 19.8. The number of hydrogen-bond donors (Lipinski definition) is 0. The highest BCUT2D eigenvalue weighted by atomic mass is 16.2. The third-order valence-corrected chi connectivity index (χ3v) is 5.12. The number of nitrogens with zero attached hydrogens (tertiary/aromatic N) is 2. The van der Waals surface area contributed by atoms with Crippen molar-refractivity contribution in [2.24, 2.45) is 5.41 Å². The predicted molar refractivity (Wildman–Crippen MR) is 107 cm³/mol. The average molecular weight is 351 g/mol. The van der Waals surface area contributed by atoms with E-state index in [2.05, 4.69) is 66.4 Å². The number of piperazine rings is 1. The largest absolute Gasteiger partial charge is 0.340 e. The van der Waals surface area contributed by atoms with E-state index in [9.17, 15) is 4.79 Å². The molecule has 3 heteroatoms. The average Bonchev–Trinajstić information content (AvgIpc) is 2.64. The van der Waals surface area contributed by atoms with Gasteiger partial charge in [0.25, 0.3) is 0 Å². The van der Waals surface area contributed by atoms with Crippen molar-refractivity contribution >= 4 is 5.91 Å². The van der Waals surface area contributed by atoms with Crippen molar-refractivity contribution in [2.75, 3.05) is 26.2 Å². The van der Waals surface area contributed by atoms with Gasteiger partial charge < -0.3 is 4.90 Å². The van der Waals surface area contributed by atoms with Gasteiger partial charge in [-0.2, -0.15) is 0 Å². The monoisotopic (exact) mass is 350 g/mol. The zero-order valence-corrected chi connectivity index (χ0v) is 16.4. The number of hydrogen-bond acceptors (Lipinski definition) is 2. The Kier molecular flexibility index (Phi) is 5.47. The van der Waals surface area contributed by atoms with Gasteiger partial charge in [-0.25, -0.2) is 0 Å². The molecule has 138 valence electrons. The molecule has 1 amide bonds. The van der Waals surface area contributed by atoms with Gasteiger partial charge in [-0.05, 0) is 18.1 Å². The minimum absolute atomic E-state index is 0.240. The molecule has 1 unspecified atom stereocenters. The maximum absolute atomic E-state index is 12.6. The molecule has 26 heavy (non-hydrogen) atoms. The number of carbonyl (C=O) groups is 1. The fourth-order valence-corrected chi connectivity index (χ4v) is 3.66. The quantitative estimate of drug-likeness (QED) is 0.825. The van der Waals surface area contributed by atoms with Crippen LogP contribution in [0.1, 0.15) is 43.5 Å².